The number of benzene rings is 3. The van der Waals surface area contributed by atoms with E-state index < -0.39 is 0 Å². The van der Waals surface area contributed by atoms with Crippen molar-refractivity contribution in [3.05, 3.63) is 102 Å². The molecule has 0 aliphatic carbocycles. The van der Waals surface area contributed by atoms with Crippen LogP contribution in [-0.2, 0) is 13.0 Å². The predicted molar refractivity (Wildman–Crippen MR) is 143 cm³/mol. The predicted octanol–water partition coefficient (Wildman–Crippen LogP) is 4.78. The van der Waals surface area contributed by atoms with Crippen molar-refractivity contribution in [3.63, 3.8) is 0 Å². The molecule has 0 N–H and O–H groups in total. The Bertz CT molecular complexity index is 1370. The van der Waals surface area contributed by atoms with E-state index in [0.29, 0.717) is 48.9 Å². The monoisotopic (exact) mass is 513 g/mol. The standard InChI is InChI=1S/C30H31N3O5/c1-35-24-8-10-25(11-9-24)38-19-27-26-17-29(37-3)28(36-2)16-23(26)12-14-33(27)30(34)22-6-4-21(5-7-22)18-32-15-13-31-20-32/h4-11,13,15-17,20,27H,12,14,18-19H2,1-3H3. The lowest BCUT2D eigenvalue weighted by atomic mass is 9.91. The Morgan fingerprint density at radius 2 is 1.63 bits per heavy atom. The lowest BCUT2D eigenvalue weighted by Gasteiger charge is -2.37. The molecule has 1 aliphatic heterocycles. The van der Waals surface area contributed by atoms with Gasteiger partial charge in [-0.15, -0.1) is 0 Å². The van der Waals surface area contributed by atoms with Crippen LogP contribution in [0.2, 0.25) is 0 Å². The number of hydrogen-bond acceptors (Lipinski definition) is 6. The molecule has 0 bridgehead atoms. The van der Waals surface area contributed by atoms with Crippen molar-refractivity contribution in [2.45, 2.75) is 19.0 Å². The maximum atomic E-state index is 13.8. The molecule has 0 saturated carbocycles. The van der Waals surface area contributed by atoms with Crippen molar-refractivity contribution in [1.82, 2.24) is 14.5 Å². The van der Waals surface area contributed by atoms with Gasteiger partial charge in [0.05, 0.1) is 33.7 Å². The summed E-state index contributed by atoms with van der Waals surface area (Å²) >= 11 is 0. The van der Waals surface area contributed by atoms with Gasteiger partial charge >= 0.3 is 0 Å². The fourth-order valence-corrected chi connectivity index (χ4v) is 4.81. The molecule has 196 valence electrons. The highest BCUT2D eigenvalue weighted by Gasteiger charge is 2.33. The smallest absolute Gasteiger partial charge is 0.254 e. The lowest BCUT2D eigenvalue weighted by Crippen LogP contribution is -2.42. The molecule has 8 heteroatoms. The van der Waals surface area contributed by atoms with E-state index >= 15 is 0 Å². The number of carbonyl (C=O) groups excluding carboxylic acids is 1. The quantitative estimate of drug-likeness (QED) is 0.321. The first-order chi connectivity index (χ1) is 18.6. The maximum Gasteiger partial charge on any atom is 0.254 e. The van der Waals surface area contributed by atoms with E-state index in [0.717, 1.165) is 22.4 Å². The van der Waals surface area contributed by atoms with Crippen LogP contribution in [0.1, 0.15) is 33.1 Å². The molecule has 1 unspecified atom stereocenters. The van der Waals surface area contributed by atoms with Gasteiger partial charge in [0.1, 0.15) is 18.1 Å². The number of nitrogens with zero attached hydrogens (tertiary/aromatic N) is 3. The van der Waals surface area contributed by atoms with Crippen molar-refractivity contribution in [1.29, 1.82) is 0 Å². The SMILES string of the molecule is COc1ccc(OCC2c3cc(OC)c(OC)cc3CCN2C(=O)c2ccc(Cn3ccnc3)cc2)cc1. The summed E-state index contributed by atoms with van der Waals surface area (Å²) in [6.45, 7) is 1.56. The molecule has 0 fully saturated rings. The normalized spacial score (nSPS) is 14.5. The number of aromatic nitrogens is 2. The van der Waals surface area contributed by atoms with Crippen LogP contribution in [0.15, 0.2) is 79.4 Å². The van der Waals surface area contributed by atoms with E-state index in [2.05, 4.69) is 4.98 Å². The first-order valence-electron chi connectivity index (χ1n) is 12.5. The van der Waals surface area contributed by atoms with Crippen LogP contribution in [-0.4, -0.2) is 54.8 Å². The second kappa shape index (κ2) is 11.3. The Labute approximate surface area is 222 Å². The molecule has 2 heterocycles. The minimum atomic E-state index is -0.307. The third-order valence-electron chi connectivity index (χ3n) is 6.86. The van der Waals surface area contributed by atoms with Crippen molar-refractivity contribution >= 4 is 5.91 Å². The molecule has 1 aliphatic rings. The number of carbonyl (C=O) groups is 1. The fourth-order valence-electron chi connectivity index (χ4n) is 4.81. The van der Waals surface area contributed by atoms with Gasteiger partial charge in [0, 0.05) is 31.0 Å². The minimum Gasteiger partial charge on any atom is -0.497 e. The van der Waals surface area contributed by atoms with Gasteiger partial charge < -0.3 is 28.4 Å². The molecule has 38 heavy (non-hydrogen) atoms. The second-order valence-electron chi connectivity index (χ2n) is 9.09. The lowest BCUT2D eigenvalue weighted by molar-refractivity contribution is 0.0589. The van der Waals surface area contributed by atoms with Gasteiger partial charge in [-0.25, -0.2) is 4.98 Å². The van der Waals surface area contributed by atoms with Gasteiger partial charge in [0.25, 0.3) is 5.91 Å². The molecule has 0 radical (unpaired) electrons. The topological polar surface area (TPSA) is 75.1 Å². The third-order valence-corrected chi connectivity index (χ3v) is 6.86. The van der Waals surface area contributed by atoms with Gasteiger partial charge in [-0.1, -0.05) is 12.1 Å². The molecule has 1 amide bonds. The van der Waals surface area contributed by atoms with Crippen LogP contribution in [0.5, 0.6) is 23.0 Å². The molecule has 1 atom stereocenters. The van der Waals surface area contributed by atoms with Gasteiger partial charge in [-0.05, 0) is 71.6 Å². The highest BCUT2D eigenvalue weighted by atomic mass is 16.5. The highest BCUT2D eigenvalue weighted by Crippen LogP contribution is 2.39. The maximum absolute atomic E-state index is 13.8. The number of methoxy groups -OCH3 is 3. The Morgan fingerprint density at radius 1 is 0.921 bits per heavy atom. The number of rotatable bonds is 9. The Morgan fingerprint density at radius 3 is 2.29 bits per heavy atom. The Hall–Kier alpha value is -4.46. The Balaban J connectivity index is 1.42. The zero-order valence-electron chi connectivity index (χ0n) is 21.8. The molecular weight excluding hydrogens is 482 g/mol. The van der Waals surface area contributed by atoms with E-state index in [1.54, 1.807) is 33.9 Å². The van der Waals surface area contributed by atoms with Crippen molar-refractivity contribution in [2.24, 2.45) is 0 Å². The van der Waals surface area contributed by atoms with Crippen LogP contribution >= 0.6 is 0 Å². The summed E-state index contributed by atoms with van der Waals surface area (Å²) < 4.78 is 24.6. The fraction of sp³-hybridized carbons (Fsp3) is 0.267. The number of imidazole rings is 1. The molecular formula is C30H31N3O5. The third kappa shape index (κ3) is 5.29. The number of ether oxygens (including phenoxy) is 4. The van der Waals surface area contributed by atoms with E-state index in [1.807, 2.05) is 76.3 Å². The van der Waals surface area contributed by atoms with Crippen LogP contribution in [0.4, 0.5) is 0 Å². The minimum absolute atomic E-state index is 0.0389. The average Bonchev–Trinajstić information content (AvgIpc) is 3.48. The number of hydrogen-bond donors (Lipinski definition) is 0. The second-order valence-corrected chi connectivity index (χ2v) is 9.09. The molecule has 8 nitrogen and oxygen atoms in total. The summed E-state index contributed by atoms with van der Waals surface area (Å²) in [5.41, 5.74) is 3.84. The summed E-state index contributed by atoms with van der Waals surface area (Å²) in [4.78, 5) is 19.8. The first kappa shape index (κ1) is 25.2. The van der Waals surface area contributed by atoms with E-state index in [4.69, 9.17) is 18.9 Å². The van der Waals surface area contributed by atoms with Crippen LogP contribution in [0.25, 0.3) is 0 Å². The highest BCUT2D eigenvalue weighted by molar-refractivity contribution is 5.94. The average molecular weight is 514 g/mol. The number of amides is 1. The van der Waals surface area contributed by atoms with Gasteiger partial charge in [-0.3, -0.25) is 4.79 Å². The van der Waals surface area contributed by atoms with E-state index in [1.165, 1.54) is 0 Å². The Kier molecular flexibility index (Phi) is 7.49. The molecule has 0 saturated heterocycles. The van der Waals surface area contributed by atoms with E-state index in [-0.39, 0.29) is 11.9 Å². The van der Waals surface area contributed by atoms with Crippen LogP contribution in [0.3, 0.4) is 0 Å². The van der Waals surface area contributed by atoms with Crippen LogP contribution in [0, 0.1) is 0 Å². The molecule has 4 aromatic rings. The van der Waals surface area contributed by atoms with E-state index in [9.17, 15) is 4.79 Å². The summed E-state index contributed by atoms with van der Waals surface area (Å²) in [7, 11) is 4.87. The van der Waals surface area contributed by atoms with Gasteiger partial charge in [0.15, 0.2) is 11.5 Å². The summed E-state index contributed by atoms with van der Waals surface area (Å²) in [6.07, 6.45) is 6.16. The van der Waals surface area contributed by atoms with Crippen molar-refractivity contribution in [2.75, 3.05) is 34.5 Å². The molecule has 0 spiro atoms. The molecule has 1 aromatic heterocycles. The summed E-state index contributed by atoms with van der Waals surface area (Å²) in [5.74, 6) is 2.72. The number of fused-ring (bicyclic) bond motifs is 1. The van der Waals surface area contributed by atoms with Crippen LogP contribution < -0.4 is 18.9 Å². The van der Waals surface area contributed by atoms with Gasteiger partial charge in [0.2, 0.25) is 0 Å². The summed E-state index contributed by atoms with van der Waals surface area (Å²) in [5, 5.41) is 0. The van der Waals surface area contributed by atoms with Gasteiger partial charge in [-0.2, -0.15) is 0 Å². The zero-order chi connectivity index (χ0) is 26.5. The summed E-state index contributed by atoms with van der Waals surface area (Å²) in [6, 6.07) is 18.8. The largest absolute Gasteiger partial charge is 0.497 e. The molecule has 3 aromatic carbocycles. The molecule has 5 rings (SSSR count). The van der Waals surface area contributed by atoms with Crippen molar-refractivity contribution in [3.8, 4) is 23.0 Å². The first-order valence-corrected chi connectivity index (χ1v) is 12.5. The zero-order valence-corrected chi connectivity index (χ0v) is 21.8. The van der Waals surface area contributed by atoms with Crippen molar-refractivity contribution < 1.29 is 23.7 Å².